The predicted molar refractivity (Wildman–Crippen MR) is 144 cm³/mol. The van der Waals surface area contributed by atoms with Crippen molar-refractivity contribution in [2.75, 3.05) is 31.1 Å². The van der Waals surface area contributed by atoms with Gasteiger partial charge in [-0.1, -0.05) is 23.2 Å². The number of aliphatic hydroxyl groups excluding tert-OH is 1. The largest absolute Gasteiger partial charge is 0.506 e. The quantitative estimate of drug-likeness (QED) is 0.327. The maximum Gasteiger partial charge on any atom is 0.490 e. The number of phenolic OH excluding ortho intramolecular Hbond substituents is 1. The van der Waals surface area contributed by atoms with Crippen LogP contribution in [0.3, 0.4) is 0 Å². The molecule has 2 atom stereocenters. The summed E-state index contributed by atoms with van der Waals surface area (Å²) in [7, 11) is 0. The number of likely N-dealkylation sites (tertiary alicyclic amines) is 1. The van der Waals surface area contributed by atoms with Crippen LogP contribution in [0, 0.1) is 0 Å². The lowest BCUT2D eigenvalue weighted by molar-refractivity contribution is -0.192. The Morgan fingerprint density at radius 3 is 2.12 bits per heavy atom. The van der Waals surface area contributed by atoms with Gasteiger partial charge in [-0.15, -0.1) is 0 Å². The van der Waals surface area contributed by atoms with Crippen LogP contribution in [0.1, 0.15) is 28.8 Å². The summed E-state index contributed by atoms with van der Waals surface area (Å²) in [6.45, 7) is 1.98. The molecule has 2 aliphatic rings. The number of benzene rings is 2. The topological polar surface area (TPSA) is 151 Å². The summed E-state index contributed by atoms with van der Waals surface area (Å²) >= 11 is 11.9. The molecule has 2 fully saturated rings. The molecule has 4 rings (SSSR count). The van der Waals surface area contributed by atoms with Crippen molar-refractivity contribution in [1.82, 2.24) is 10.2 Å². The first kappa shape index (κ1) is 32.3. The van der Waals surface area contributed by atoms with E-state index in [1.165, 1.54) is 12.1 Å². The van der Waals surface area contributed by atoms with Gasteiger partial charge in [0.15, 0.2) is 0 Å². The number of nitrogens with zero attached hydrogens (tertiary/aromatic N) is 2. The van der Waals surface area contributed by atoms with Crippen LogP contribution in [-0.2, 0) is 16.0 Å². The van der Waals surface area contributed by atoms with Crippen LogP contribution in [0.4, 0.5) is 18.9 Å². The Labute approximate surface area is 242 Å². The van der Waals surface area contributed by atoms with Gasteiger partial charge >= 0.3 is 18.1 Å². The molecule has 0 aliphatic carbocycles. The molecule has 0 bridgehead atoms. The Hall–Kier alpha value is -3.26. The van der Waals surface area contributed by atoms with Crippen molar-refractivity contribution in [1.29, 1.82) is 0 Å². The molecule has 0 spiro atoms. The Kier molecular flexibility index (Phi) is 10.7. The molecule has 2 aromatic rings. The minimum atomic E-state index is -5.08. The molecule has 0 saturated carbocycles. The average Bonchev–Trinajstić information content (AvgIpc) is 3.25. The number of hydrogen-bond donors (Lipinski definition) is 5. The number of phenols is 1. The second-order valence-corrected chi connectivity index (χ2v) is 10.5. The van der Waals surface area contributed by atoms with Crippen LogP contribution in [0.15, 0.2) is 36.4 Å². The van der Waals surface area contributed by atoms with E-state index in [9.17, 15) is 38.1 Å². The molecule has 10 nitrogen and oxygen atoms in total. The van der Waals surface area contributed by atoms with Crippen LogP contribution in [0.2, 0.25) is 10.0 Å². The number of carbonyl (C=O) groups excluding carboxylic acids is 1. The van der Waals surface area contributed by atoms with Gasteiger partial charge in [0.05, 0.1) is 23.6 Å². The summed E-state index contributed by atoms with van der Waals surface area (Å²) in [5.41, 5.74) is 1.65. The molecule has 2 aromatic carbocycles. The summed E-state index contributed by atoms with van der Waals surface area (Å²) in [5, 5.41) is 41.3. The van der Waals surface area contributed by atoms with Gasteiger partial charge in [0, 0.05) is 54.6 Å². The first-order valence-corrected chi connectivity index (χ1v) is 13.2. The molecular weight excluding hydrogens is 594 g/mol. The molecule has 0 unspecified atom stereocenters. The second-order valence-electron chi connectivity index (χ2n) is 9.62. The molecule has 2 aliphatic heterocycles. The Morgan fingerprint density at radius 1 is 1.00 bits per heavy atom. The lowest BCUT2D eigenvalue weighted by Gasteiger charge is -2.34. The van der Waals surface area contributed by atoms with E-state index in [0.29, 0.717) is 48.0 Å². The third-order valence-corrected chi connectivity index (χ3v) is 7.24. The van der Waals surface area contributed by atoms with Crippen molar-refractivity contribution < 1.29 is 48.0 Å². The number of β-amino-alcohol motifs (C(OH)–C–C–N with tert-alkyl or cyclic N) is 1. The minimum absolute atomic E-state index is 0.0179. The first-order valence-electron chi connectivity index (χ1n) is 12.4. The maximum absolute atomic E-state index is 12.7. The number of alkyl halides is 3. The summed E-state index contributed by atoms with van der Waals surface area (Å²) < 4.78 is 31.7. The van der Waals surface area contributed by atoms with Gasteiger partial charge in [0.25, 0.3) is 5.91 Å². The zero-order chi connectivity index (χ0) is 30.5. The van der Waals surface area contributed by atoms with E-state index in [2.05, 4.69) is 5.32 Å². The number of aliphatic carboxylic acids is 2. The molecule has 15 heteroatoms. The number of amides is 1. The van der Waals surface area contributed by atoms with Crippen LogP contribution >= 0.6 is 23.2 Å². The van der Waals surface area contributed by atoms with E-state index < -0.39 is 24.2 Å². The van der Waals surface area contributed by atoms with E-state index in [1.54, 1.807) is 24.3 Å². The predicted octanol–water partition coefficient (Wildman–Crippen LogP) is 3.40. The summed E-state index contributed by atoms with van der Waals surface area (Å²) in [4.78, 5) is 36.6. The molecule has 0 radical (unpaired) electrons. The Bertz CT molecular complexity index is 1260. The van der Waals surface area contributed by atoms with Crippen LogP contribution in [0.25, 0.3) is 0 Å². The molecule has 2 heterocycles. The SMILES string of the molecule is O=C(O)C(F)(F)F.O=C(O)Cc1cc(Cl)c(O)cc1N1C[C@@H](O)[C@H](NC2CCN(C(=O)c3ccc(Cl)cc3)CC2)C1. The number of carbonyl (C=O) groups is 3. The molecule has 0 aromatic heterocycles. The standard InChI is InChI=1S/C24H27Cl2N3O5.C2HF3O2/c25-16-3-1-14(2-4-16)24(34)28-7-5-17(6-8-28)27-19-12-29(13-22(19)31)20-11-21(30)18(26)9-15(20)10-23(32)33;3-2(4,5)1(6)7/h1-4,9,11,17,19,22,27,30-31H,5-8,10,12-13H2,(H,32,33);(H,6,7)/t19-,22-;/m1./s1. The fraction of sp³-hybridized carbons (Fsp3) is 0.423. The summed E-state index contributed by atoms with van der Waals surface area (Å²) in [5.74, 6) is -3.91. The highest BCUT2D eigenvalue weighted by atomic mass is 35.5. The Morgan fingerprint density at radius 2 is 1.59 bits per heavy atom. The van der Waals surface area contributed by atoms with Gasteiger partial charge in [-0.2, -0.15) is 13.2 Å². The zero-order valence-corrected chi connectivity index (χ0v) is 23.0. The summed E-state index contributed by atoms with van der Waals surface area (Å²) in [6.07, 6.45) is -4.47. The van der Waals surface area contributed by atoms with Crippen molar-refractivity contribution in [2.45, 2.75) is 43.6 Å². The summed E-state index contributed by atoms with van der Waals surface area (Å²) in [6, 6.07) is 9.71. The average molecular weight is 622 g/mol. The van der Waals surface area contributed by atoms with Crippen molar-refractivity contribution in [3.8, 4) is 5.75 Å². The minimum Gasteiger partial charge on any atom is -0.506 e. The van der Waals surface area contributed by atoms with Gasteiger partial charge in [-0.25, -0.2) is 4.79 Å². The molecule has 224 valence electrons. The number of aliphatic hydroxyl groups is 1. The molecular formula is C26H28Cl2F3N3O7. The number of carboxylic acids is 2. The third kappa shape index (κ3) is 8.86. The normalized spacial score (nSPS) is 19.5. The smallest absolute Gasteiger partial charge is 0.490 e. The number of hydrogen-bond acceptors (Lipinski definition) is 7. The zero-order valence-electron chi connectivity index (χ0n) is 21.4. The number of piperidine rings is 1. The molecule has 5 N–H and O–H groups in total. The first-order chi connectivity index (χ1) is 19.1. The molecule has 41 heavy (non-hydrogen) atoms. The van der Waals surface area contributed by atoms with Crippen molar-refractivity contribution in [3.05, 3.63) is 57.6 Å². The van der Waals surface area contributed by atoms with E-state index in [4.69, 9.17) is 33.1 Å². The van der Waals surface area contributed by atoms with Crippen molar-refractivity contribution in [3.63, 3.8) is 0 Å². The fourth-order valence-corrected chi connectivity index (χ4v) is 4.98. The van der Waals surface area contributed by atoms with Crippen molar-refractivity contribution >= 4 is 46.7 Å². The number of aromatic hydroxyl groups is 1. The van der Waals surface area contributed by atoms with E-state index in [0.717, 1.165) is 12.8 Å². The van der Waals surface area contributed by atoms with E-state index >= 15 is 0 Å². The highest BCUT2D eigenvalue weighted by molar-refractivity contribution is 6.32. The fourth-order valence-electron chi connectivity index (χ4n) is 4.67. The molecule has 1 amide bonds. The maximum atomic E-state index is 12.7. The third-order valence-electron chi connectivity index (χ3n) is 6.69. The van der Waals surface area contributed by atoms with E-state index in [1.807, 2.05) is 9.80 Å². The van der Waals surface area contributed by atoms with Gasteiger partial charge in [0.1, 0.15) is 5.75 Å². The van der Waals surface area contributed by atoms with Gasteiger partial charge in [-0.3, -0.25) is 9.59 Å². The van der Waals surface area contributed by atoms with Crippen molar-refractivity contribution in [2.24, 2.45) is 0 Å². The van der Waals surface area contributed by atoms with Crippen LogP contribution in [-0.4, -0.2) is 93.7 Å². The highest BCUT2D eigenvalue weighted by Crippen LogP contribution is 2.34. The van der Waals surface area contributed by atoms with Gasteiger partial charge < -0.3 is 35.5 Å². The van der Waals surface area contributed by atoms with Crippen LogP contribution < -0.4 is 10.2 Å². The lowest BCUT2D eigenvalue weighted by Crippen LogP contribution is -2.50. The van der Waals surface area contributed by atoms with Gasteiger partial charge in [0.2, 0.25) is 0 Å². The van der Waals surface area contributed by atoms with Gasteiger partial charge in [-0.05, 0) is 48.7 Å². The Balaban J connectivity index is 0.000000587. The van der Waals surface area contributed by atoms with Crippen LogP contribution in [0.5, 0.6) is 5.75 Å². The molecule has 2 saturated heterocycles. The number of rotatable bonds is 6. The monoisotopic (exact) mass is 621 g/mol. The number of halogens is 5. The lowest BCUT2D eigenvalue weighted by atomic mass is 10.0. The number of nitrogens with one attached hydrogen (secondary N) is 1. The van der Waals surface area contributed by atoms with E-state index in [-0.39, 0.29) is 35.2 Å². The number of carboxylic acid groups (broad SMARTS) is 2. The highest BCUT2D eigenvalue weighted by Gasteiger charge is 2.38. The number of anilines is 1. The second kappa shape index (κ2) is 13.6.